The molecule has 1 amide bonds. The summed E-state index contributed by atoms with van der Waals surface area (Å²) in [6.45, 7) is 3.68. The van der Waals surface area contributed by atoms with Gasteiger partial charge in [0.2, 0.25) is 0 Å². The number of carbonyl (C=O) groups is 1. The minimum atomic E-state index is -0.638. The van der Waals surface area contributed by atoms with E-state index in [1.165, 1.54) is 0 Å². The lowest BCUT2D eigenvalue weighted by Crippen LogP contribution is -2.31. The van der Waals surface area contributed by atoms with E-state index in [9.17, 15) is 4.79 Å². The van der Waals surface area contributed by atoms with Crippen LogP contribution in [0.5, 0.6) is 5.75 Å². The molecule has 0 aliphatic carbocycles. The Morgan fingerprint density at radius 1 is 1.17 bits per heavy atom. The second kappa shape index (κ2) is 6.95. The molecule has 3 aromatic rings. The summed E-state index contributed by atoms with van der Waals surface area (Å²) >= 11 is 0. The Balaban J connectivity index is 1.72. The molecule has 0 radical (unpaired) electrons. The number of anilines is 1. The zero-order valence-corrected chi connectivity index (χ0v) is 13.5. The van der Waals surface area contributed by atoms with Gasteiger partial charge in [0, 0.05) is 12.3 Å². The lowest BCUT2D eigenvalue weighted by molar-refractivity contribution is -0.122. The van der Waals surface area contributed by atoms with Gasteiger partial charge in [0.15, 0.2) is 11.9 Å². The molecule has 2 aromatic heterocycles. The number of aromatic nitrogens is 3. The van der Waals surface area contributed by atoms with Gasteiger partial charge in [0.1, 0.15) is 11.6 Å². The molecular weight excluding hydrogens is 304 g/mol. The second-order valence-electron chi connectivity index (χ2n) is 5.38. The molecule has 1 N–H and O–H groups in total. The van der Waals surface area contributed by atoms with E-state index in [1.807, 2.05) is 49.4 Å². The molecule has 6 heteroatoms. The third-order valence-corrected chi connectivity index (χ3v) is 3.44. The molecule has 24 heavy (non-hydrogen) atoms. The highest BCUT2D eigenvalue weighted by Gasteiger charge is 2.17. The number of amides is 1. The number of nitrogens with one attached hydrogen (secondary N) is 1. The summed E-state index contributed by atoms with van der Waals surface area (Å²) in [5.41, 5.74) is 1.06. The topological polar surface area (TPSA) is 69.0 Å². The fourth-order valence-corrected chi connectivity index (χ4v) is 2.20. The molecule has 122 valence electrons. The van der Waals surface area contributed by atoms with Crippen molar-refractivity contribution in [3.63, 3.8) is 0 Å². The molecule has 0 aliphatic rings. The molecule has 1 atom stereocenters. The summed E-state index contributed by atoms with van der Waals surface area (Å²) in [6.07, 6.45) is 2.68. The Labute approximate surface area is 140 Å². The molecular formula is C18H18N4O2. The first-order valence-electron chi connectivity index (χ1n) is 7.63. The van der Waals surface area contributed by atoms with E-state index < -0.39 is 6.10 Å². The predicted octanol–water partition coefficient (Wildman–Crippen LogP) is 2.98. The fraction of sp³-hybridized carbons (Fsp3) is 0.167. The Kier molecular flexibility index (Phi) is 4.56. The summed E-state index contributed by atoms with van der Waals surface area (Å²) < 4.78 is 7.22. The third kappa shape index (κ3) is 3.60. The first-order chi connectivity index (χ1) is 11.6. The average molecular weight is 322 g/mol. The predicted molar refractivity (Wildman–Crippen MR) is 91.3 cm³/mol. The number of carbonyl (C=O) groups excluding carboxylic acids is 1. The van der Waals surface area contributed by atoms with Crippen LogP contribution in [0, 0.1) is 6.92 Å². The number of rotatable bonds is 5. The number of para-hydroxylation sites is 1. The largest absolute Gasteiger partial charge is 0.481 e. The van der Waals surface area contributed by atoms with E-state index >= 15 is 0 Å². The Bertz CT molecular complexity index is 830. The van der Waals surface area contributed by atoms with E-state index in [0.29, 0.717) is 17.4 Å². The van der Waals surface area contributed by atoms with Gasteiger partial charge in [-0.15, -0.1) is 0 Å². The maximum absolute atomic E-state index is 12.4. The van der Waals surface area contributed by atoms with Gasteiger partial charge >= 0.3 is 0 Å². The van der Waals surface area contributed by atoms with Gasteiger partial charge in [0.05, 0.1) is 6.20 Å². The quantitative estimate of drug-likeness (QED) is 0.784. The van der Waals surface area contributed by atoms with E-state index in [1.54, 1.807) is 30.1 Å². The third-order valence-electron chi connectivity index (χ3n) is 3.44. The van der Waals surface area contributed by atoms with E-state index in [0.717, 1.165) is 5.56 Å². The van der Waals surface area contributed by atoms with Crippen LogP contribution in [0.3, 0.4) is 0 Å². The number of nitrogens with zero attached hydrogens (tertiary/aromatic N) is 3. The molecule has 0 aliphatic heterocycles. The van der Waals surface area contributed by atoms with Crippen molar-refractivity contribution >= 4 is 11.7 Å². The Morgan fingerprint density at radius 2 is 1.96 bits per heavy atom. The maximum atomic E-state index is 12.4. The molecule has 6 nitrogen and oxygen atoms in total. The molecule has 1 aromatic carbocycles. The van der Waals surface area contributed by atoms with Crippen molar-refractivity contribution in [1.82, 2.24) is 14.8 Å². The Morgan fingerprint density at radius 3 is 2.71 bits per heavy atom. The van der Waals surface area contributed by atoms with E-state index in [-0.39, 0.29) is 5.91 Å². The molecule has 3 rings (SSSR count). The highest BCUT2D eigenvalue weighted by Crippen LogP contribution is 2.15. The van der Waals surface area contributed by atoms with Gasteiger partial charge in [-0.05, 0) is 43.7 Å². The van der Waals surface area contributed by atoms with Crippen LogP contribution in [-0.2, 0) is 4.79 Å². The summed E-state index contributed by atoms with van der Waals surface area (Å²) in [7, 11) is 0. The zero-order chi connectivity index (χ0) is 16.9. The number of hydrogen-bond donors (Lipinski definition) is 1. The maximum Gasteiger partial charge on any atom is 0.266 e. The van der Waals surface area contributed by atoms with Gasteiger partial charge < -0.3 is 10.1 Å². The molecule has 0 saturated heterocycles. The van der Waals surface area contributed by atoms with Gasteiger partial charge in [-0.3, -0.25) is 4.79 Å². The van der Waals surface area contributed by atoms with Gasteiger partial charge in [-0.1, -0.05) is 18.2 Å². The minimum absolute atomic E-state index is 0.256. The highest BCUT2D eigenvalue weighted by molar-refractivity contribution is 5.93. The summed E-state index contributed by atoms with van der Waals surface area (Å²) in [5, 5.41) is 7.05. The number of benzene rings is 1. The van der Waals surface area contributed by atoms with Crippen LogP contribution in [0.2, 0.25) is 0 Å². The van der Waals surface area contributed by atoms with Crippen LogP contribution < -0.4 is 10.1 Å². The standard InChI is InChI=1S/C18H18N4O2/c1-13-8-10-19-17(12-13)22-16(9-11-20-22)21-18(23)14(2)24-15-6-4-3-5-7-15/h3-12,14H,1-2H3,(H,21,23)/t14-/m0/s1. The molecule has 0 fully saturated rings. The van der Waals surface area contributed by atoms with Crippen molar-refractivity contribution in [1.29, 1.82) is 0 Å². The number of pyridine rings is 1. The number of ether oxygens (including phenoxy) is 1. The van der Waals surface area contributed by atoms with Gasteiger partial charge in [0.25, 0.3) is 5.91 Å². The zero-order valence-electron chi connectivity index (χ0n) is 13.5. The van der Waals surface area contributed by atoms with Crippen LogP contribution >= 0.6 is 0 Å². The summed E-state index contributed by atoms with van der Waals surface area (Å²) in [6, 6.07) is 14.8. The van der Waals surface area contributed by atoms with Crippen molar-refractivity contribution in [2.75, 3.05) is 5.32 Å². The fourth-order valence-electron chi connectivity index (χ4n) is 2.20. The SMILES string of the molecule is Cc1ccnc(-n2nccc2NC(=O)[C@H](C)Oc2ccccc2)c1. The van der Waals surface area contributed by atoms with E-state index in [2.05, 4.69) is 15.4 Å². The molecule has 0 unspecified atom stereocenters. The molecule has 2 heterocycles. The number of aryl methyl sites for hydroxylation is 1. The van der Waals surface area contributed by atoms with Crippen LogP contribution in [0.15, 0.2) is 60.9 Å². The van der Waals surface area contributed by atoms with Crippen molar-refractivity contribution in [3.8, 4) is 11.6 Å². The normalized spacial score (nSPS) is 11.8. The van der Waals surface area contributed by atoms with Gasteiger partial charge in [-0.2, -0.15) is 9.78 Å². The first-order valence-corrected chi connectivity index (χ1v) is 7.63. The van der Waals surface area contributed by atoms with Crippen molar-refractivity contribution in [2.45, 2.75) is 20.0 Å². The highest BCUT2D eigenvalue weighted by atomic mass is 16.5. The van der Waals surface area contributed by atoms with Gasteiger partial charge in [-0.25, -0.2) is 4.98 Å². The first kappa shape index (κ1) is 15.7. The second-order valence-corrected chi connectivity index (χ2v) is 5.38. The van der Waals surface area contributed by atoms with Crippen LogP contribution in [0.1, 0.15) is 12.5 Å². The summed E-state index contributed by atoms with van der Waals surface area (Å²) in [4.78, 5) is 16.6. The van der Waals surface area contributed by atoms with Crippen LogP contribution in [0.4, 0.5) is 5.82 Å². The van der Waals surface area contributed by atoms with E-state index in [4.69, 9.17) is 4.74 Å². The lowest BCUT2D eigenvalue weighted by Gasteiger charge is -2.15. The van der Waals surface area contributed by atoms with Crippen molar-refractivity contribution in [2.24, 2.45) is 0 Å². The van der Waals surface area contributed by atoms with Crippen molar-refractivity contribution in [3.05, 3.63) is 66.5 Å². The van der Waals surface area contributed by atoms with Crippen LogP contribution in [-0.4, -0.2) is 26.8 Å². The summed E-state index contributed by atoms with van der Waals surface area (Å²) in [5.74, 6) is 1.58. The lowest BCUT2D eigenvalue weighted by atomic mass is 10.3. The molecule has 0 bridgehead atoms. The minimum Gasteiger partial charge on any atom is -0.481 e. The number of hydrogen-bond acceptors (Lipinski definition) is 4. The Hall–Kier alpha value is -3.15. The van der Waals surface area contributed by atoms with Crippen LogP contribution in [0.25, 0.3) is 5.82 Å². The molecule has 0 spiro atoms. The monoisotopic (exact) mass is 322 g/mol. The average Bonchev–Trinajstić information content (AvgIpc) is 3.04. The molecule has 0 saturated carbocycles. The smallest absolute Gasteiger partial charge is 0.266 e. The van der Waals surface area contributed by atoms with Crippen molar-refractivity contribution < 1.29 is 9.53 Å².